The Morgan fingerprint density at radius 3 is 2.82 bits per heavy atom. The largest absolute Gasteiger partial charge is 0.452 e. The topological polar surface area (TPSA) is 45.3 Å². The lowest BCUT2D eigenvalue weighted by molar-refractivity contribution is 0.176. The van der Waals surface area contributed by atoms with Gasteiger partial charge in [0.1, 0.15) is 0 Å². The average molecular weight is 292 g/mol. The summed E-state index contributed by atoms with van der Waals surface area (Å²) in [5.74, 6) is 0. The van der Waals surface area contributed by atoms with Crippen molar-refractivity contribution in [2.24, 2.45) is 0 Å². The summed E-state index contributed by atoms with van der Waals surface area (Å²) < 4.78 is 5.01. The summed E-state index contributed by atoms with van der Waals surface area (Å²) in [5.41, 5.74) is 4.31. The highest BCUT2D eigenvalue weighted by atomic mass is 16.5. The minimum absolute atomic E-state index is 0.0407. The SMILES string of the molecule is COC(=O)N1c2ccccc2C[C@H]1c1c[nH]c2ccccc12. The van der Waals surface area contributed by atoms with Crippen LogP contribution in [0.1, 0.15) is 17.2 Å². The molecule has 0 radical (unpaired) electrons. The standard InChI is InChI=1S/C18H16N2O2/c1-22-18(21)20-16-9-5-2-6-12(16)10-17(20)14-11-19-15-8-4-3-7-13(14)15/h2-9,11,17,19H,10H2,1H3/t17-/m0/s1. The van der Waals surface area contributed by atoms with Gasteiger partial charge in [0.25, 0.3) is 0 Å². The number of ether oxygens (including phenoxy) is 1. The van der Waals surface area contributed by atoms with Crippen LogP contribution in [-0.4, -0.2) is 18.2 Å². The summed E-state index contributed by atoms with van der Waals surface area (Å²) >= 11 is 0. The van der Waals surface area contributed by atoms with Crippen molar-refractivity contribution in [3.8, 4) is 0 Å². The van der Waals surface area contributed by atoms with E-state index in [4.69, 9.17) is 4.74 Å². The number of para-hydroxylation sites is 2. The number of rotatable bonds is 1. The molecule has 1 aliphatic heterocycles. The van der Waals surface area contributed by atoms with Crippen LogP contribution >= 0.6 is 0 Å². The Morgan fingerprint density at radius 2 is 1.95 bits per heavy atom. The predicted octanol–water partition coefficient (Wildman–Crippen LogP) is 4.04. The fourth-order valence-electron chi connectivity index (χ4n) is 3.33. The van der Waals surface area contributed by atoms with E-state index in [1.165, 1.54) is 12.7 Å². The van der Waals surface area contributed by atoms with Crippen molar-refractivity contribution >= 4 is 22.7 Å². The second-order valence-electron chi connectivity index (χ2n) is 5.48. The van der Waals surface area contributed by atoms with Crippen LogP contribution in [0.3, 0.4) is 0 Å². The predicted molar refractivity (Wildman–Crippen MR) is 86.1 cm³/mol. The van der Waals surface area contributed by atoms with Crippen molar-refractivity contribution in [1.82, 2.24) is 4.98 Å². The Hall–Kier alpha value is -2.75. The molecule has 1 N–H and O–H groups in total. The van der Waals surface area contributed by atoms with Crippen LogP contribution in [-0.2, 0) is 11.2 Å². The number of hydrogen-bond acceptors (Lipinski definition) is 2. The van der Waals surface area contributed by atoms with Crippen molar-refractivity contribution in [2.45, 2.75) is 12.5 Å². The van der Waals surface area contributed by atoms with Crippen LogP contribution in [0.25, 0.3) is 10.9 Å². The maximum Gasteiger partial charge on any atom is 0.414 e. The van der Waals surface area contributed by atoms with Crippen molar-refractivity contribution in [3.05, 3.63) is 65.9 Å². The molecular formula is C18H16N2O2. The molecule has 1 aromatic heterocycles. The van der Waals surface area contributed by atoms with Crippen LogP contribution in [0.2, 0.25) is 0 Å². The van der Waals surface area contributed by atoms with Gasteiger partial charge in [-0.15, -0.1) is 0 Å². The first-order valence-electron chi connectivity index (χ1n) is 7.30. The maximum atomic E-state index is 12.3. The van der Waals surface area contributed by atoms with Gasteiger partial charge in [-0.05, 0) is 24.1 Å². The van der Waals surface area contributed by atoms with E-state index >= 15 is 0 Å². The molecule has 22 heavy (non-hydrogen) atoms. The number of nitrogens with one attached hydrogen (secondary N) is 1. The monoisotopic (exact) mass is 292 g/mol. The van der Waals surface area contributed by atoms with Crippen LogP contribution in [0.5, 0.6) is 0 Å². The third-order valence-electron chi connectivity index (χ3n) is 4.33. The summed E-state index contributed by atoms with van der Waals surface area (Å²) in [6, 6.07) is 16.1. The minimum atomic E-state index is -0.319. The number of anilines is 1. The third-order valence-corrected chi connectivity index (χ3v) is 4.33. The summed E-state index contributed by atoms with van der Waals surface area (Å²) in [7, 11) is 1.43. The van der Waals surface area contributed by atoms with E-state index in [1.807, 2.05) is 42.6 Å². The number of aromatic nitrogens is 1. The normalized spacial score (nSPS) is 16.8. The van der Waals surface area contributed by atoms with Gasteiger partial charge >= 0.3 is 6.09 Å². The van der Waals surface area contributed by atoms with E-state index in [0.717, 1.165) is 28.6 Å². The van der Waals surface area contributed by atoms with E-state index in [0.29, 0.717) is 0 Å². The van der Waals surface area contributed by atoms with Crippen molar-refractivity contribution in [1.29, 1.82) is 0 Å². The van der Waals surface area contributed by atoms with Crippen LogP contribution in [0.15, 0.2) is 54.7 Å². The zero-order chi connectivity index (χ0) is 15.1. The van der Waals surface area contributed by atoms with Gasteiger partial charge in [0.05, 0.1) is 18.8 Å². The van der Waals surface area contributed by atoms with E-state index in [2.05, 4.69) is 17.1 Å². The van der Waals surface area contributed by atoms with Gasteiger partial charge in [-0.3, -0.25) is 4.90 Å². The molecule has 0 bridgehead atoms. The van der Waals surface area contributed by atoms with E-state index in [9.17, 15) is 4.79 Å². The summed E-state index contributed by atoms with van der Waals surface area (Å²) in [4.78, 5) is 17.4. The lowest BCUT2D eigenvalue weighted by atomic mass is 10.0. The Balaban J connectivity index is 1.86. The molecule has 0 fully saturated rings. The van der Waals surface area contributed by atoms with Crippen molar-refractivity contribution < 1.29 is 9.53 Å². The summed E-state index contributed by atoms with van der Waals surface area (Å²) in [6.07, 6.45) is 2.48. The quantitative estimate of drug-likeness (QED) is 0.735. The lowest BCUT2D eigenvalue weighted by Crippen LogP contribution is -2.31. The number of hydrogen-bond donors (Lipinski definition) is 1. The number of carbonyl (C=O) groups is 1. The molecule has 2 aromatic carbocycles. The number of methoxy groups -OCH3 is 1. The molecule has 0 aliphatic carbocycles. The third kappa shape index (κ3) is 1.80. The number of fused-ring (bicyclic) bond motifs is 2. The molecule has 1 aliphatic rings. The van der Waals surface area contributed by atoms with Crippen molar-refractivity contribution in [3.63, 3.8) is 0 Å². The van der Waals surface area contributed by atoms with Gasteiger partial charge in [-0.2, -0.15) is 0 Å². The fourth-order valence-corrected chi connectivity index (χ4v) is 3.33. The second-order valence-corrected chi connectivity index (χ2v) is 5.48. The number of amides is 1. The van der Waals surface area contributed by atoms with Gasteiger partial charge in [-0.25, -0.2) is 4.79 Å². The highest BCUT2D eigenvalue weighted by Gasteiger charge is 2.36. The first-order valence-corrected chi connectivity index (χ1v) is 7.30. The lowest BCUT2D eigenvalue weighted by Gasteiger charge is -2.24. The molecule has 0 saturated heterocycles. The number of carbonyl (C=O) groups excluding carboxylic acids is 1. The number of aromatic amines is 1. The molecule has 4 heteroatoms. The Bertz CT molecular complexity index is 853. The fraction of sp³-hybridized carbons (Fsp3) is 0.167. The molecular weight excluding hydrogens is 276 g/mol. The van der Waals surface area contributed by atoms with Gasteiger partial charge in [-0.1, -0.05) is 36.4 Å². The minimum Gasteiger partial charge on any atom is -0.452 e. The van der Waals surface area contributed by atoms with E-state index < -0.39 is 0 Å². The molecule has 4 rings (SSSR count). The average Bonchev–Trinajstić information content (AvgIpc) is 3.15. The molecule has 1 amide bonds. The Kier molecular flexibility index (Phi) is 2.89. The first kappa shape index (κ1) is 13.0. The molecule has 2 heterocycles. The van der Waals surface area contributed by atoms with Gasteiger partial charge < -0.3 is 9.72 Å². The maximum absolute atomic E-state index is 12.3. The highest BCUT2D eigenvalue weighted by molar-refractivity contribution is 5.93. The van der Waals surface area contributed by atoms with Crippen molar-refractivity contribution in [2.75, 3.05) is 12.0 Å². The van der Waals surface area contributed by atoms with Crippen LogP contribution < -0.4 is 4.90 Å². The van der Waals surface area contributed by atoms with Crippen LogP contribution in [0, 0.1) is 0 Å². The summed E-state index contributed by atoms with van der Waals surface area (Å²) in [5, 5.41) is 1.15. The number of benzene rings is 2. The Labute approximate surface area is 128 Å². The van der Waals surface area contributed by atoms with Crippen LogP contribution in [0.4, 0.5) is 10.5 Å². The molecule has 3 aromatic rings. The number of H-pyrrole nitrogens is 1. The zero-order valence-electron chi connectivity index (χ0n) is 12.2. The molecule has 4 nitrogen and oxygen atoms in total. The molecule has 110 valence electrons. The van der Waals surface area contributed by atoms with Gasteiger partial charge in [0.15, 0.2) is 0 Å². The first-order chi connectivity index (χ1) is 10.8. The second kappa shape index (κ2) is 4.91. The molecule has 0 spiro atoms. The van der Waals surface area contributed by atoms with Gasteiger partial charge in [0.2, 0.25) is 0 Å². The van der Waals surface area contributed by atoms with E-state index in [-0.39, 0.29) is 12.1 Å². The highest BCUT2D eigenvalue weighted by Crippen LogP contribution is 2.42. The molecule has 0 saturated carbocycles. The smallest absolute Gasteiger partial charge is 0.414 e. The zero-order valence-corrected chi connectivity index (χ0v) is 12.2. The molecule has 0 unspecified atom stereocenters. The molecule has 1 atom stereocenters. The number of nitrogens with zero attached hydrogens (tertiary/aromatic N) is 1. The summed E-state index contributed by atoms with van der Waals surface area (Å²) in [6.45, 7) is 0. The Morgan fingerprint density at radius 1 is 1.18 bits per heavy atom. The van der Waals surface area contributed by atoms with E-state index in [1.54, 1.807) is 4.90 Å². The van der Waals surface area contributed by atoms with Gasteiger partial charge in [0, 0.05) is 22.7 Å².